The average Bonchev–Trinajstić information content (AvgIpc) is 3.75. The van der Waals surface area contributed by atoms with Gasteiger partial charge in [0, 0.05) is 43.5 Å². The zero-order valence-corrected chi connectivity index (χ0v) is 27.2. The predicted molar refractivity (Wildman–Crippen MR) is 167 cm³/mol. The first-order valence-electron chi connectivity index (χ1n) is 16.1. The van der Waals surface area contributed by atoms with E-state index < -0.39 is 17.5 Å². The van der Waals surface area contributed by atoms with Crippen molar-refractivity contribution in [2.24, 2.45) is 0 Å². The maximum atomic E-state index is 12.8. The number of anilines is 2. The van der Waals surface area contributed by atoms with E-state index in [1.165, 1.54) is 0 Å². The van der Waals surface area contributed by atoms with Crippen molar-refractivity contribution in [2.45, 2.75) is 102 Å². The van der Waals surface area contributed by atoms with Crippen LogP contribution in [0.3, 0.4) is 0 Å². The molecule has 242 valence electrons. The average molecular weight is 620 g/mol. The maximum absolute atomic E-state index is 12.8. The third-order valence-electron chi connectivity index (χ3n) is 9.70. The molecule has 4 atom stereocenters. The molecule has 0 aliphatic carbocycles. The van der Waals surface area contributed by atoms with Crippen LogP contribution in [0.25, 0.3) is 5.65 Å². The highest BCUT2D eigenvalue weighted by atomic mass is 16.8. The number of hydrogen-bond acceptors (Lipinski definition) is 10. The lowest BCUT2D eigenvalue weighted by Gasteiger charge is -2.46. The van der Waals surface area contributed by atoms with Crippen molar-refractivity contribution < 1.29 is 23.7 Å². The van der Waals surface area contributed by atoms with E-state index in [9.17, 15) is 4.79 Å². The molecule has 0 N–H and O–H groups in total. The van der Waals surface area contributed by atoms with Crippen molar-refractivity contribution in [3.63, 3.8) is 0 Å². The Morgan fingerprint density at radius 1 is 1.04 bits per heavy atom. The lowest BCUT2D eigenvalue weighted by atomic mass is 9.84. The molecule has 12 nitrogen and oxygen atoms in total. The van der Waals surface area contributed by atoms with E-state index >= 15 is 0 Å². The number of ether oxygens (including phenoxy) is 4. The summed E-state index contributed by atoms with van der Waals surface area (Å²) < 4.78 is 27.3. The second-order valence-corrected chi connectivity index (χ2v) is 14.3. The monoisotopic (exact) mass is 619 g/mol. The van der Waals surface area contributed by atoms with Crippen LogP contribution in [-0.2, 0) is 18.9 Å². The van der Waals surface area contributed by atoms with Gasteiger partial charge in [0.05, 0.1) is 6.20 Å². The van der Waals surface area contributed by atoms with Crippen molar-refractivity contribution in [2.75, 3.05) is 38.1 Å². The number of fused-ring (bicyclic) bond motifs is 2. The summed E-state index contributed by atoms with van der Waals surface area (Å²) >= 11 is 0. The number of rotatable bonds is 5. The lowest BCUT2D eigenvalue weighted by Crippen LogP contribution is -2.56. The van der Waals surface area contributed by atoms with Crippen LogP contribution < -0.4 is 4.90 Å². The minimum absolute atomic E-state index is 0.0407. The molecular weight excluding hydrogens is 574 g/mol. The molecule has 1 spiro atoms. The second kappa shape index (κ2) is 11.2. The van der Waals surface area contributed by atoms with Crippen LogP contribution in [0.1, 0.15) is 72.0 Å². The molecule has 7 rings (SSSR count). The number of carbonyl (C=O) groups is 1. The van der Waals surface area contributed by atoms with Gasteiger partial charge in [-0.1, -0.05) is 18.2 Å². The largest absolute Gasteiger partial charge is 0.444 e. The first-order chi connectivity index (χ1) is 21.4. The summed E-state index contributed by atoms with van der Waals surface area (Å²) in [6.07, 6.45) is 6.16. The number of hydrogen-bond donors (Lipinski definition) is 0. The van der Waals surface area contributed by atoms with Gasteiger partial charge in [-0.25, -0.2) is 14.8 Å². The number of carbonyl (C=O) groups excluding carboxylic acids is 1. The molecule has 3 aromatic rings. The summed E-state index contributed by atoms with van der Waals surface area (Å²) in [5, 5.41) is 4.72. The number of aromatic nitrogens is 4. The molecule has 45 heavy (non-hydrogen) atoms. The summed E-state index contributed by atoms with van der Waals surface area (Å²) in [4.78, 5) is 28.4. The zero-order chi connectivity index (χ0) is 31.6. The molecule has 4 fully saturated rings. The highest BCUT2D eigenvalue weighted by Gasteiger charge is 2.57. The summed E-state index contributed by atoms with van der Waals surface area (Å²) in [5.41, 5.74) is 2.09. The molecule has 1 unspecified atom stereocenters. The van der Waals surface area contributed by atoms with Crippen LogP contribution in [0.15, 0.2) is 42.9 Å². The van der Waals surface area contributed by atoms with Crippen molar-refractivity contribution in [1.29, 1.82) is 0 Å². The predicted octanol–water partition coefficient (Wildman–Crippen LogP) is 4.72. The third-order valence-corrected chi connectivity index (χ3v) is 9.70. The van der Waals surface area contributed by atoms with Crippen LogP contribution in [0.5, 0.6) is 0 Å². The standard InChI is InChI=1S/C33H45N7O5/c1-31(2,3)45-30(41)38-17-14-33(15-18-38)13-10-16-39(33)20-24-26-27(44-32(4,5)43-26)25(42-24)23-19-36-40-28(23)34-21-35-29(40)37(6)22-11-8-7-9-12-22/h7-9,11-12,19,21,24-27H,10,13-18,20H2,1-6H3/t24?,25-,26+,27-/m0/s1. The molecule has 4 aliphatic heterocycles. The van der Waals surface area contributed by atoms with Crippen molar-refractivity contribution in [1.82, 2.24) is 29.4 Å². The Kier molecular flexibility index (Phi) is 7.54. The smallest absolute Gasteiger partial charge is 0.410 e. The van der Waals surface area contributed by atoms with Gasteiger partial charge in [-0.05, 0) is 79.0 Å². The minimum atomic E-state index is -0.728. The number of benzene rings is 1. The van der Waals surface area contributed by atoms with E-state index in [2.05, 4.69) is 14.9 Å². The molecule has 0 radical (unpaired) electrons. The van der Waals surface area contributed by atoms with E-state index in [0.29, 0.717) is 24.7 Å². The van der Waals surface area contributed by atoms with E-state index in [0.717, 1.165) is 50.0 Å². The fraction of sp³-hybridized carbons (Fsp3) is 0.636. The number of nitrogens with zero attached hydrogens (tertiary/aromatic N) is 7. The topological polar surface area (TPSA) is 107 Å². The normalized spacial score (nSPS) is 27.7. The molecule has 4 aliphatic rings. The Morgan fingerprint density at radius 2 is 1.78 bits per heavy atom. The van der Waals surface area contributed by atoms with Gasteiger partial charge in [0.25, 0.3) is 0 Å². The first kappa shape index (κ1) is 30.3. The molecular formula is C33H45N7O5. The maximum Gasteiger partial charge on any atom is 0.410 e. The van der Waals surface area contributed by atoms with Crippen molar-refractivity contribution in [3.05, 3.63) is 48.4 Å². The first-order valence-corrected chi connectivity index (χ1v) is 16.1. The molecule has 6 heterocycles. The Balaban J connectivity index is 1.11. The van der Waals surface area contributed by atoms with Crippen molar-refractivity contribution >= 4 is 23.4 Å². The molecule has 1 aromatic carbocycles. The summed E-state index contributed by atoms with van der Waals surface area (Å²) in [6, 6.07) is 10.1. The molecule has 1 amide bonds. The Labute approximate surface area is 264 Å². The van der Waals surface area contributed by atoms with Gasteiger partial charge in [-0.2, -0.15) is 9.61 Å². The van der Waals surface area contributed by atoms with Crippen LogP contribution in [-0.4, -0.2) is 104 Å². The number of piperidine rings is 1. The summed E-state index contributed by atoms with van der Waals surface area (Å²) in [6.45, 7) is 12.8. The van der Waals surface area contributed by atoms with Gasteiger partial charge in [0.2, 0.25) is 5.95 Å². The molecule has 2 aromatic heterocycles. The number of amides is 1. The Hall–Kier alpha value is -3.32. The molecule has 0 saturated carbocycles. The van der Waals surface area contributed by atoms with E-state index in [4.69, 9.17) is 24.0 Å². The summed E-state index contributed by atoms with van der Waals surface area (Å²) in [7, 11) is 1.97. The highest BCUT2D eigenvalue weighted by molar-refractivity contribution is 5.68. The third kappa shape index (κ3) is 5.66. The number of likely N-dealkylation sites (tertiary alicyclic amines) is 2. The quantitative estimate of drug-likeness (QED) is 0.398. The van der Waals surface area contributed by atoms with Crippen LogP contribution in [0.4, 0.5) is 16.4 Å². The Bertz CT molecular complexity index is 1530. The van der Waals surface area contributed by atoms with Gasteiger partial charge < -0.3 is 28.7 Å². The van der Waals surface area contributed by atoms with Crippen LogP contribution in [0, 0.1) is 0 Å². The fourth-order valence-electron chi connectivity index (χ4n) is 7.59. The van der Waals surface area contributed by atoms with Gasteiger partial charge in [-0.3, -0.25) is 4.90 Å². The van der Waals surface area contributed by atoms with Crippen LogP contribution in [0.2, 0.25) is 0 Å². The van der Waals surface area contributed by atoms with Gasteiger partial charge in [0.1, 0.15) is 36.3 Å². The Morgan fingerprint density at radius 3 is 2.51 bits per heavy atom. The molecule has 12 heteroatoms. The van der Waals surface area contributed by atoms with Crippen LogP contribution >= 0.6 is 0 Å². The second-order valence-electron chi connectivity index (χ2n) is 14.3. The summed E-state index contributed by atoms with van der Waals surface area (Å²) in [5.74, 6) is -0.0718. The van der Waals surface area contributed by atoms with Gasteiger partial charge >= 0.3 is 6.09 Å². The van der Waals surface area contributed by atoms with Crippen molar-refractivity contribution in [3.8, 4) is 0 Å². The van der Waals surface area contributed by atoms with E-state index in [1.54, 1.807) is 10.8 Å². The molecule has 4 saturated heterocycles. The van der Waals surface area contributed by atoms with E-state index in [-0.39, 0.29) is 29.9 Å². The minimum Gasteiger partial charge on any atom is -0.444 e. The lowest BCUT2D eigenvalue weighted by molar-refractivity contribution is -0.190. The van der Waals surface area contributed by atoms with E-state index in [1.807, 2.05) is 88.0 Å². The fourth-order valence-corrected chi connectivity index (χ4v) is 7.59. The zero-order valence-electron chi connectivity index (χ0n) is 27.2. The van der Waals surface area contributed by atoms with Gasteiger partial charge in [0.15, 0.2) is 11.4 Å². The molecule has 0 bridgehead atoms. The highest BCUT2D eigenvalue weighted by Crippen LogP contribution is 2.48. The van der Waals surface area contributed by atoms with Gasteiger partial charge in [-0.15, -0.1) is 0 Å². The number of para-hydroxylation sites is 1. The SMILES string of the molecule is CN(c1ccccc1)c1ncnc2c([C@@H]3OC(CN4CCCC45CCN(C(=O)OC(C)(C)C)CC5)[C@H]4OC(C)(C)O[C@H]43)cnn12.